The van der Waals surface area contributed by atoms with Gasteiger partial charge in [-0.05, 0) is 26.0 Å². The maximum absolute atomic E-state index is 11.9. The molecule has 0 saturated heterocycles. The van der Waals surface area contributed by atoms with E-state index in [2.05, 4.69) is 15.7 Å². The summed E-state index contributed by atoms with van der Waals surface area (Å²) in [7, 11) is 1.81. The van der Waals surface area contributed by atoms with Gasteiger partial charge >= 0.3 is 0 Å². The topological polar surface area (TPSA) is 76.0 Å². The molecular formula is C16H20N4O2. The van der Waals surface area contributed by atoms with Crippen molar-refractivity contribution < 1.29 is 9.59 Å². The van der Waals surface area contributed by atoms with Crippen molar-refractivity contribution in [2.24, 2.45) is 7.05 Å². The number of nitrogens with one attached hydrogen (secondary N) is 2. The number of anilines is 1. The third-order valence-electron chi connectivity index (χ3n) is 3.26. The van der Waals surface area contributed by atoms with Crippen LogP contribution in [0.3, 0.4) is 0 Å². The smallest absolute Gasteiger partial charge is 0.233 e. The summed E-state index contributed by atoms with van der Waals surface area (Å²) in [4.78, 5) is 23.7. The predicted molar refractivity (Wildman–Crippen MR) is 84.2 cm³/mol. The van der Waals surface area contributed by atoms with Crippen LogP contribution in [0.2, 0.25) is 0 Å². The summed E-state index contributed by atoms with van der Waals surface area (Å²) in [5.74, 6) is -0.652. The highest BCUT2D eigenvalue weighted by Crippen LogP contribution is 2.11. The molecule has 116 valence electrons. The largest absolute Gasteiger partial charge is 0.349 e. The number of hydrogen-bond acceptors (Lipinski definition) is 3. The molecule has 0 aliphatic rings. The van der Waals surface area contributed by atoms with E-state index in [1.807, 2.05) is 51.4 Å². The number of benzene rings is 1. The molecule has 0 bridgehead atoms. The number of aryl methyl sites for hydroxylation is 2. The Hall–Kier alpha value is -2.63. The Bertz CT molecular complexity index is 661. The summed E-state index contributed by atoms with van der Waals surface area (Å²) in [5, 5.41) is 9.54. The number of hydrogen-bond donors (Lipinski definition) is 2. The zero-order valence-corrected chi connectivity index (χ0v) is 13.0. The van der Waals surface area contributed by atoms with E-state index in [9.17, 15) is 9.59 Å². The van der Waals surface area contributed by atoms with Crippen LogP contribution in [0.5, 0.6) is 0 Å². The molecule has 0 unspecified atom stereocenters. The van der Waals surface area contributed by atoms with Crippen LogP contribution in [0.25, 0.3) is 0 Å². The summed E-state index contributed by atoms with van der Waals surface area (Å²) in [6.45, 7) is 3.83. The molecule has 0 spiro atoms. The van der Waals surface area contributed by atoms with Gasteiger partial charge in [-0.25, -0.2) is 0 Å². The van der Waals surface area contributed by atoms with Crippen molar-refractivity contribution in [3.05, 3.63) is 47.8 Å². The van der Waals surface area contributed by atoms with Gasteiger partial charge in [-0.2, -0.15) is 5.10 Å². The van der Waals surface area contributed by atoms with Gasteiger partial charge in [0.2, 0.25) is 11.8 Å². The number of nitrogens with zero attached hydrogens (tertiary/aromatic N) is 2. The second kappa shape index (κ2) is 6.89. The molecule has 2 amide bonds. The molecule has 22 heavy (non-hydrogen) atoms. The second-order valence-electron chi connectivity index (χ2n) is 5.33. The van der Waals surface area contributed by atoms with Crippen LogP contribution in [-0.4, -0.2) is 21.6 Å². The standard InChI is InChI=1S/C16H20N4O2/c1-11-4-6-14(7-5-11)19-16(22)8-15(21)18-12(2)13-9-17-20(3)10-13/h4-7,9-10,12H,8H2,1-3H3,(H,18,21)(H,19,22)/t12-/m1/s1. The minimum atomic E-state index is -0.334. The Labute approximate surface area is 129 Å². The third-order valence-corrected chi connectivity index (χ3v) is 3.26. The first-order valence-corrected chi connectivity index (χ1v) is 7.08. The number of rotatable bonds is 5. The van der Waals surface area contributed by atoms with Gasteiger partial charge in [0, 0.05) is 24.5 Å². The molecule has 0 aliphatic carbocycles. The molecule has 0 saturated carbocycles. The molecule has 2 N–H and O–H groups in total. The van der Waals surface area contributed by atoms with E-state index in [1.165, 1.54) is 0 Å². The summed E-state index contributed by atoms with van der Waals surface area (Å²) in [6.07, 6.45) is 3.31. The van der Waals surface area contributed by atoms with Crippen molar-refractivity contribution in [3.8, 4) is 0 Å². The Morgan fingerprint density at radius 2 is 1.91 bits per heavy atom. The van der Waals surface area contributed by atoms with E-state index in [1.54, 1.807) is 10.9 Å². The quantitative estimate of drug-likeness (QED) is 0.828. The van der Waals surface area contributed by atoms with Crippen molar-refractivity contribution in [2.45, 2.75) is 26.3 Å². The zero-order chi connectivity index (χ0) is 16.1. The Morgan fingerprint density at radius 1 is 1.23 bits per heavy atom. The number of carbonyl (C=O) groups excluding carboxylic acids is 2. The van der Waals surface area contributed by atoms with Crippen molar-refractivity contribution in [3.63, 3.8) is 0 Å². The average Bonchev–Trinajstić information content (AvgIpc) is 2.88. The lowest BCUT2D eigenvalue weighted by atomic mass is 10.2. The van der Waals surface area contributed by atoms with Crippen LogP contribution in [0.15, 0.2) is 36.7 Å². The lowest BCUT2D eigenvalue weighted by Gasteiger charge is -2.12. The monoisotopic (exact) mass is 300 g/mol. The van der Waals surface area contributed by atoms with Gasteiger partial charge in [0.1, 0.15) is 6.42 Å². The van der Waals surface area contributed by atoms with E-state index < -0.39 is 0 Å². The lowest BCUT2D eigenvalue weighted by Crippen LogP contribution is -2.30. The highest BCUT2D eigenvalue weighted by molar-refractivity contribution is 6.03. The molecule has 6 heteroatoms. The van der Waals surface area contributed by atoms with Gasteiger partial charge < -0.3 is 10.6 Å². The van der Waals surface area contributed by atoms with Crippen LogP contribution < -0.4 is 10.6 Å². The fourth-order valence-electron chi connectivity index (χ4n) is 2.03. The molecule has 0 radical (unpaired) electrons. The molecule has 6 nitrogen and oxygen atoms in total. The highest BCUT2D eigenvalue weighted by Gasteiger charge is 2.14. The number of carbonyl (C=O) groups is 2. The van der Waals surface area contributed by atoms with Crippen LogP contribution in [0.1, 0.15) is 30.5 Å². The van der Waals surface area contributed by atoms with Crippen molar-refractivity contribution in [1.29, 1.82) is 0 Å². The van der Waals surface area contributed by atoms with E-state index in [0.717, 1.165) is 11.1 Å². The molecule has 0 aliphatic heterocycles. The van der Waals surface area contributed by atoms with Gasteiger partial charge in [-0.3, -0.25) is 14.3 Å². The molecule has 0 fully saturated rings. The molecular weight excluding hydrogens is 280 g/mol. The first-order chi connectivity index (χ1) is 10.4. The SMILES string of the molecule is Cc1ccc(NC(=O)CC(=O)N[C@H](C)c2cnn(C)c2)cc1. The van der Waals surface area contributed by atoms with Crippen LogP contribution in [0.4, 0.5) is 5.69 Å². The predicted octanol–water partition coefficient (Wildman–Crippen LogP) is 1.93. The molecule has 2 aromatic rings. The minimum Gasteiger partial charge on any atom is -0.349 e. The summed E-state index contributed by atoms with van der Waals surface area (Å²) in [6, 6.07) is 7.24. The minimum absolute atomic E-state index is 0.187. The number of amides is 2. The van der Waals surface area contributed by atoms with Gasteiger partial charge in [0.25, 0.3) is 0 Å². The zero-order valence-electron chi connectivity index (χ0n) is 13.0. The second-order valence-corrected chi connectivity index (χ2v) is 5.33. The van der Waals surface area contributed by atoms with E-state index >= 15 is 0 Å². The van der Waals surface area contributed by atoms with Crippen LogP contribution in [-0.2, 0) is 16.6 Å². The fourth-order valence-corrected chi connectivity index (χ4v) is 2.03. The van der Waals surface area contributed by atoms with Crippen molar-refractivity contribution >= 4 is 17.5 Å². The maximum Gasteiger partial charge on any atom is 0.233 e. The van der Waals surface area contributed by atoms with E-state index in [4.69, 9.17) is 0 Å². The Morgan fingerprint density at radius 3 is 2.50 bits per heavy atom. The molecule has 1 aromatic carbocycles. The van der Waals surface area contributed by atoms with Gasteiger partial charge in [-0.15, -0.1) is 0 Å². The van der Waals surface area contributed by atoms with E-state index in [-0.39, 0.29) is 24.3 Å². The highest BCUT2D eigenvalue weighted by atomic mass is 16.2. The first-order valence-electron chi connectivity index (χ1n) is 7.08. The number of aromatic nitrogens is 2. The Kier molecular flexibility index (Phi) is 4.93. The van der Waals surface area contributed by atoms with E-state index in [0.29, 0.717) is 5.69 Å². The summed E-state index contributed by atoms with van der Waals surface area (Å²) in [5.41, 5.74) is 2.69. The van der Waals surface area contributed by atoms with Crippen LogP contribution in [0, 0.1) is 6.92 Å². The van der Waals surface area contributed by atoms with Crippen molar-refractivity contribution in [1.82, 2.24) is 15.1 Å². The summed E-state index contributed by atoms with van der Waals surface area (Å²) >= 11 is 0. The van der Waals surface area contributed by atoms with Gasteiger partial charge in [0.15, 0.2) is 0 Å². The molecule has 1 heterocycles. The lowest BCUT2D eigenvalue weighted by molar-refractivity contribution is -0.127. The van der Waals surface area contributed by atoms with Crippen molar-refractivity contribution in [2.75, 3.05) is 5.32 Å². The first kappa shape index (κ1) is 15.8. The van der Waals surface area contributed by atoms with Crippen LogP contribution >= 0.6 is 0 Å². The molecule has 1 atom stereocenters. The summed E-state index contributed by atoms with van der Waals surface area (Å²) < 4.78 is 1.67. The molecule has 1 aromatic heterocycles. The third kappa shape index (κ3) is 4.44. The maximum atomic E-state index is 11.9. The average molecular weight is 300 g/mol. The van der Waals surface area contributed by atoms with Gasteiger partial charge in [-0.1, -0.05) is 17.7 Å². The Balaban J connectivity index is 1.83. The van der Waals surface area contributed by atoms with Gasteiger partial charge in [0.05, 0.1) is 12.2 Å². The fraction of sp³-hybridized carbons (Fsp3) is 0.312. The normalized spacial score (nSPS) is 11.8. The molecule has 2 rings (SSSR count).